The van der Waals surface area contributed by atoms with Crippen molar-refractivity contribution in [2.24, 2.45) is 0 Å². The molecule has 24 heavy (non-hydrogen) atoms. The molecular formula is C17H17N3O3S. The second kappa shape index (κ2) is 7.35. The molecular weight excluding hydrogens is 326 g/mol. The Morgan fingerprint density at radius 3 is 3.00 bits per heavy atom. The molecule has 1 aliphatic rings. The molecule has 1 N–H and O–H groups in total. The minimum absolute atomic E-state index is 0.0448. The van der Waals surface area contributed by atoms with Gasteiger partial charge in [0.1, 0.15) is 12.2 Å². The number of benzene rings is 1. The van der Waals surface area contributed by atoms with Gasteiger partial charge in [-0.2, -0.15) is 0 Å². The SMILES string of the molecule is CCOc1ncccc1NC(=O)CN1C(=O)CSc2ccccc21. The molecule has 0 unspecified atom stereocenters. The maximum Gasteiger partial charge on any atom is 0.244 e. The second-order valence-electron chi connectivity index (χ2n) is 5.07. The molecule has 1 aromatic heterocycles. The van der Waals surface area contributed by atoms with Crippen LogP contribution >= 0.6 is 11.8 Å². The normalized spacial score (nSPS) is 13.4. The summed E-state index contributed by atoms with van der Waals surface area (Å²) in [6.45, 7) is 2.26. The Morgan fingerprint density at radius 1 is 1.33 bits per heavy atom. The van der Waals surface area contributed by atoms with Crippen LogP contribution in [-0.2, 0) is 9.59 Å². The number of hydrogen-bond donors (Lipinski definition) is 1. The Kier molecular flexibility index (Phi) is 5.00. The van der Waals surface area contributed by atoms with E-state index >= 15 is 0 Å². The van der Waals surface area contributed by atoms with Crippen molar-refractivity contribution >= 4 is 35.0 Å². The number of thioether (sulfide) groups is 1. The Morgan fingerprint density at radius 2 is 2.17 bits per heavy atom. The zero-order valence-corrected chi connectivity index (χ0v) is 14.0. The average Bonchev–Trinajstić information content (AvgIpc) is 2.59. The number of nitrogens with one attached hydrogen (secondary N) is 1. The standard InChI is InChI=1S/C17H17N3O3S/c1-2-23-17-12(6-5-9-18-17)19-15(21)10-20-13-7-3-4-8-14(13)24-11-16(20)22/h3-9H,2,10-11H2,1H3,(H,19,21). The quantitative estimate of drug-likeness (QED) is 0.903. The summed E-state index contributed by atoms with van der Waals surface area (Å²) in [5, 5.41) is 2.77. The molecule has 0 saturated carbocycles. The highest BCUT2D eigenvalue weighted by molar-refractivity contribution is 8.00. The van der Waals surface area contributed by atoms with E-state index < -0.39 is 0 Å². The number of amides is 2. The van der Waals surface area contributed by atoms with E-state index in [0.717, 1.165) is 10.6 Å². The lowest BCUT2D eigenvalue weighted by molar-refractivity contribution is -0.120. The summed E-state index contributed by atoms with van der Waals surface area (Å²) in [6, 6.07) is 11.0. The van der Waals surface area contributed by atoms with Gasteiger partial charge in [-0.3, -0.25) is 9.59 Å². The van der Waals surface area contributed by atoms with Crippen molar-refractivity contribution in [2.45, 2.75) is 11.8 Å². The molecule has 1 aromatic carbocycles. The van der Waals surface area contributed by atoms with Crippen molar-refractivity contribution in [3.63, 3.8) is 0 Å². The molecule has 2 aromatic rings. The van der Waals surface area contributed by atoms with Crippen molar-refractivity contribution in [2.75, 3.05) is 29.1 Å². The largest absolute Gasteiger partial charge is 0.476 e. The molecule has 0 radical (unpaired) electrons. The predicted molar refractivity (Wildman–Crippen MR) is 93.6 cm³/mol. The summed E-state index contributed by atoms with van der Waals surface area (Å²) >= 11 is 1.49. The third-order valence-corrected chi connectivity index (χ3v) is 4.48. The van der Waals surface area contributed by atoms with Gasteiger partial charge in [0, 0.05) is 11.1 Å². The van der Waals surface area contributed by atoms with Crippen LogP contribution in [-0.4, -0.2) is 35.7 Å². The molecule has 2 amide bonds. The molecule has 0 bridgehead atoms. The maximum atomic E-state index is 12.4. The van der Waals surface area contributed by atoms with Gasteiger partial charge in [0.05, 0.1) is 18.0 Å². The topological polar surface area (TPSA) is 71.5 Å². The van der Waals surface area contributed by atoms with Crippen LogP contribution in [0.25, 0.3) is 0 Å². The Hall–Kier alpha value is -2.54. The van der Waals surface area contributed by atoms with Crippen LogP contribution in [0, 0.1) is 0 Å². The highest BCUT2D eigenvalue weighted by atomic mass is 32.2. The number of nitrogens with zero attached hydrogens (tertiary/aromatic N) is 2. The highest BCUT2D eigenvalue weighted by Crippen LogP contribution is 2.34. The summed E-state index contributed by atoms with van der Waals surface area (Å²) < 4.78 is 5.40. The summed E-state index contributed by atoms with van der Waals surface area (Å²) in [7, 11) is 0. The molecule has 0 spiro atoms. The van der Waals surface area contributed by atoms with E-state index in [1.165, 1.54) is 16.7 Å². The van der Waals surface area contributed by atoms with Crippen LogP contribution in [0.15, 0.2) is 47.5 Å². The third kappa shape index (κ3) is 3.51. The molecule has 0 atom stereocenters. The number of aromatic nitrogens is 1. The number of anilines is 2. The summed E-state index contributed by atoms with van der Waals surface area (Å²) in [5.41, 5.74) is 1.27. The average molecular weight is 343 g/mol. The lowest BCUT2D eigenvalue weighted by Gasteiger charge is -2.28. The third-order valence-electron chi connectivity index (χ3n) is 3.44. The number of carbonyl (C=O) groups is 2. The van der Waals surface area contributed by atoms with Crippen molar-refractivity contribution in [1.29, 1.82) is 0 Å². The van der Waals surface area contributed by atoms with Gasteiger partial charge in [-0.25, -0.2) is 4.98 Å². The molecule has 3 rings (SSSR count). The van der Waals surface area contributed by atoms with Gasteiger partial charge in [-0.15, -0.1) is 11.8 Å². The first-order chi connectivity index (χ1) is 11.7. The van der Waals surface area contributed by atoms with E-state index in [1.807, 2.05) is 31.2 Å². The van der Waals surface area contributed by atoms with Crippen LogP contribution in [0.3, 0.4) is 0 Å². The summed E-state index contributed by atoms with van der Waals surface area (Å²) in [6.07, 6.45) is 1.60. The molecule has 124 valence electrons. The molecule has 1 aliphatic heterocycles. The minimum Gasteiger partial charge on any atom is -0.476 e. The lowest BCUT2D eigenvalue weighted by Crippen LogP contribution is -2.41. The highest BCUT2D eigenvalue weighted by Gasteiger charge is 2.26. The van der Waals surface area contributed by atoms with Crippen molar-refractivity contribution < 1.29 is 14.3 Å². The zero-order chi connectivity index (χ0) is 16.9. The predicted octanol–water partition coefficient (Wildman–Crippen LogP) is 2.56. The smallest absolute Gasteiger partial charge is 0.244 e. The van der Waals surface area contributed by atoms with Crippen LogP contribution < -0.4 is 15.0 Å². The molecule has 6 nitrogen and oxygen atoms in total. The van der Waals surface area contributed by atoms with Gasteiger partial charge < -0.3 is 15.0 Å². The first-order valence-electron chi connectivity index (χ1n) is 7.59. The Labute approximate surface area is 144 Å². The number of para-hydroxylation sites is 1. The number of ether oxygens (including phenoxy) is 1. The van der Waals surface area contributed by atoms with Gasteiger partial charge in [0.2, 0.25) is 17.7 Å². The van der Waals surface area contributed by atoms with E-state index in [-0.39, 0.29) is 18.4 Å². The van der Waals surface area contributed by atoms with E-state index in [2.05, 4.69) is 10.3 Å². The summed E-state index contributed by atoms with van der Waals surface area (Å²) in [4.78, 5) is 31.2. The van der Waals surface area contributed by atoms with Crippen LogP contribution in [0.4, 0.5) is 11.4 Å². The van der Waals surface area contributed by atoms with Gasteiger partial charge >= 0.3 is 0 Å². The Bertz CT molecular complexity index is 766. The van der Waals surface area contributed by atoms with Crippen molar-refractivity contribution in [1.82, 2.24) is 4.98 Å². The minimum atomic E-state index is -0.293. The van der Waals surface area contributed by atoms with Gasteiger partial charge in [0.15, 0.2) is 0 Å². The number of carbonyl (C=O) groups excluding carboxylic acids is 2. The monoisotopic (exact) mass is 343 g/mol. The summed E-state index contributed by atoms with van der Waals surface area (Å²) in [5.74, 6) is 0.333. The van der Waals surface area contributed by atoms with Crippen LogP contribution in [0.2, 0.25) is 0 Å². The number of fused-ring (bicyclic) bond motifs is 1. The van der Waals surface area contributed by atoms with Gasteiger partial charge in [0.25, 0.3) is 0 Å². The van der Waals surface area contributed by atoms with Gasteiger partial charge in [-0.1, -0.05) is 12.1 Å². The fourth-order valence-electron chi connectivity index (χ4n) is 2.40. The van der Waals surface area contributed by atoms with E-state index in [9.17, 15) is 9.59 Å². The number of rotatable bonds is 5. The zero-order valence-electron chi connectivity index (χ0n) is 13.2. The molecule has 0 fully saturated rings. The van der Waals surface area contributed by atoms with E-state index in [1.54, 1.807) is 18.3 Å². The first kappa shape index (κ1) is 16.3. The van der Waals surface area contributed by atoms with E-state index in [4.69, 9.17) is 4.74 Å². The maximum absolute atomic E-state index is 12.4. The molecule has 2 heterocycles. The molecule has 7 heteroatoms. The Balaban J connectivity index is 1.75. The lowest BCUT2D eigenvalue weighted by atomic mass is 10.2. The van der Waals surface area contributed by atoms with Crippen molar-refractivity contribution in [3.05, 3.63) is 42.6 Å². The van der Waals surface area contributed by atoms with E-state index in [0.29, 0.717) is 23.9 Å². The number of pyridine rings is 1. The van der Waals surface area contributed by atoms with Crippen LogP contribution in [0.1, 0.15) is 6.92 Å². The molecule has 0 saturated heterocycles. The second-order valence-corrected chi connectivity index (χ2v) is 6.09. The number of hydrogen-bond acceptors (Lipinski definition) is 5. The van der Waals surface area contributed by atoms with Crippen molar-refractivity contribution in [3.8, 4) is 5.88 Å². The fraction of sp³-hybridized carbons (Fsp3) is 0.235. The molecule has 0 aliphatic carbocycles. The van der Waals surface area contributed by atoms with Gasteiger partial charge in [-0.05, 0) is 31.2 Å². The van der Waals surface area contributed by atoms with Crippen LogP contribution in [0.5, 0.6) is 5.88 Å². The first-order valence-corrected chi connectivity index (χ1v) is 8.57. The fourth-order valence-corrected chi connectivity index (χ4v) is 3.33.